The summed E-state index contributed by atoms with van der Waals surface area (Å²) in [6, 6.07) is 14.7. The smallest absolute Gasteiger partial charge is 0.209 e. The van der Waals surface area contributed by atoms with Crippen LogP contribution in [0.15, 0.2) is 69.6 Å². The lowest BCUT2D eigenvalue weighted by molar-refractivity contribution is 0.103. The summed E-state index contributed by atoms with van der Waals surface area (Å²) in [5, 5.41) is 3.11. The molecule has 0 bridgehead atoms. The van der Waals surface area contributed by atoms with Gasteiger partial charge in [-0.15, -0.1) is 0 Å². The molecule has 2 aliphatic rings. The molecule has 4 nitrogen and oxygen atoms in total. The number of anilines is 1. The van der Waals surface area contributed by atoms with E-state index in [4.69, 9.17) is 0 Å². The lowest BCUT2D eigenvalue weighted by Crippen LogP contribution is -2.21. The Morgan fingerprint density at radius 2 is 1.81 bits per heavy atom. The molecule has 2 aromatic carbocycles. The first-order valence-electron chi connectivity index (χ1n) is 6.46. The number of ketones is 1. The maximum Gasteiger partial charge on any atom is 0.209 e. The van der Waals surface area contributed by atoms with Crippen LogP contribution in [0.2, 0.25) is 0 Å². The highest BCUT2D eigenvalue weighted by molar-refractivity contribution is 7.84. The zero-order valence-electron chi connectivity index (χ0n) is 10.9. The van der Waals surface area contributed by atoms with Gasteiger partial charge < -0.3 is 5.32 Å². The highest BCUT2D eigenvalue weighted by Gasteiger charge is 2.32. The molecular formula is C16H10N2O2S. The summed E-state index contributed by atoms with van der Waals surface area (Å²) < 4.78 is 16.1. The van der Waals surface area contributed by atoms with Crippen LogP contribution in [0.25, 0.3) is 0 Å². The van der Waals surface area contributed by atoms with Crippen molar-refractivity contribution in [2.24, 2.45) is 4.40 Å². The molecule has 0 amide bonds. The Morgan fingerprint density at radius 3 is 2.62 bits per heavy atom. The van der Waals surface area contributed by atoms with E-state index in [9.17, 15) is 9.00 Å². The van der Waals surface area contributed by atoms with E-state index < -0.39 is 11.0 Å². The summed E-state index contributed by atoms with van der Waals surface area (Å²) in [5.74, 6) is -0.103. The molecular weight excluding hydrogens is 284 g/mol. The number of allylic oxidation sites excluding steroid dienone is 2. The molecule has 1 unspecified atom stereocenters. The van der Waals surface area contributed by atoms with Gasteiger partial charge in [0.2, 0.25) is 5.78 Å². The van der Waals surface area contributed by atoms with Crippen molar-refractivity contribution in [1.82, 2.24) is 0 Å². The third-order valence-corrected chi connectivity index (χ3v) is 4.55. The molecule has 102 valence electrons. The third-order valence-electron chi connectivity index (χ3n) is 3.47. The Labute approximate surface area is 123 Å². The van der Waals surface area contributed by atoms with Gasteiger partial charge in [0.25, 0.3) is 0 Å². The maximum absolute atomic E-state index is 12.6. The highest BCUT2D eigenvalue weighted by atomic mass is 32.2. The van der Waals surface area contributed by atoms with Crippen molar-refractivity contribution in [2.75, 3.05) is 5.32 Å². The number of para-hydroxylation sites is 1. The number of hydrogen-bond acceptors (Lipinski definition) is 3. The number of hydrogen-bond donors (Lipinski definition) is 1. The Morgan fingerprint density at radius 1 is 1.00 bits per heavy atom. The van der Waals surface area contributed by atoms with Crippen LogP contribution in [0.3, 0.4) is 0 Å². The fourth-order valence-electron chi connectivity index (χ4n) is 2.53. The third kappa shape index (κ3) is 1.86. The van der Waals surface area contributed by atoms with Crippen LogP contribution >= 0.6 is 0 Å². The van der Waals surface area contributed by atoms with Gasteiger partial charge in [-0.2, -0.15) is 4.40 Å². The number of nitrogens with one attached hydrogen (secondary N) is 1. The summed E-state index contributed by atoms with van der Waals surface area (Å²) in [7, 11) is -1.41. The second kappa shape index (κ2) is 4.49. The molecule has 0 fully saturated rings. The zero-order valence-corrected chi connectivity index (χ0v) is 11.7. The van der Waals surface area contributed by atoms with Gasteiger partial charge >= 0.3 is 0 Å². The molecule has 0 radical (unpaired) electrons. The van der Waals surface area contributed by atoms with Crippen molar-refractivity contribution < 1.29 is 9.00 Å². The number of carbonyl (C=O) groups excluding carboxylic acids is 1. The number of benzene rings is 2. The van der Waals surface area contributed by atoms with Gasteiger partial charge in [-0.1, -0.05) is 30.3 Å². The Kier molecular flexibility index (Phi) is 2.62. The minimum Gasteiger partial charge on any atom is -0.352 e. The molecule has 2 aromatic rings. The average molecular weight is 294 g/mol. The summed E-state index contributed by atoms with van der Waals surface area (Å²) in [4.78, 5) is 13.2. The molecule has 1 aliphatic heterocycles. The second-order valence-electron chi connectivity index (χ2n) is 4.78. The van der Waals surface area contributed by atoms with Crippen molar-refractivity contribution in [3.63, 3.8) is 0 Å². The fourth-order valence-corrected chi connectivity index (χ4v) is 3.54. The van der Waals surface area contributed by atoms with Crippen molar-refractivity contribution in [3.05, 3.63) is 71.4 Å². The SMILES string of the molecule is O=C1C(Nc2ccccc2)=CC2=NS(=O)c3cccc1c32. The molecule has 1 atom stereocenters. The van der Waals surface area contributed by atoms with Crippen molar-refractivity contribution in [1.29, 1.82) is 0 Å². The van der Waals surface area contributed by atoms with Crippen molar-refractivity contribution >= 4 is 28.2 Å². The predicted molar refractivity (Wildman–Crippen MR) is 81.9 cm³/mol. The van der Waals surface area contributed by atoms with E-state index in [1.54, 1.807) is 24.3 Å². The van der Waals surface area contributed by atoms with Crippen LogP contribution < -0.4 is 5.32 Å². The van der Waals surface area contributed by atoms with Crippen LogP contribution in [-0.4, -0.2) is 15.7 Å². The quantitative estimate of drug-likeness (QED) is 0.926. The number of carbonyl (C=O) groups is 1. The van der Waals surface area contributed by atoms with Gasteiger partial charge in [0, 0.05) is 16.8 Å². The molecule has 0 saturated carbocycles. The van der Waals surface area contributed by atoms with Crippen molar-refractivity contribution in [2.45, 2.75) is 4.90 Å². The molecule has 1 N–H and O–H groups in total. The number of nitrogens with zero attached hydrogens (tertiary/aromatic N) is 1. The second-order valence-corrected chi connectivity index (χ2v) is 5.90. The highest BCUT2D eigenvalue weighted by Crippen LogP contribution is 2.32. The van der Waals surface area contributed by atoms with Gasteiger partial charge in [0.15, 0.2) is 11.0 Å². The average Bonchev–Trinajstić information content (AvgIpc) is 2.83. The lowest BCUT2D eigenvalue weighted by atomic mass is 9.92. The monoisotopic (exact) mass is 294 g/mol. The summed E-state index contributed by atoms with van der Waals surface area (Å²) >= 11 is 0. The van der Waals surface area contributed by atoms with Gasteiger partial charge in [-0.25, -0.2) is 4.21 Å². The lowest BCUT2D eigenvalue weighted by Gasteiger charge is -2.17. The maximum atomic E-state index is 12.6. The van der Waals surface area contributed by atoms with Crippen molar-refractivity contribution in [3.8, 4) is 0 Å². The van der Waals surface area contributed by atoms with E-state index in [0.29, 0.717) is 27.4 Å². The van der Waals surface area contributed by atoms with E-state index in [0.717, 1.165) is 5.69 Å². The summed E-state index contributed by atoms with van der Waals surface area (Å²) in [6.45, 7) is 0. The zero-order chi connectivity index (χ0) is 14.4. The van der Waals surface area contributed by atoms with E-state index >= 15 is 0 Å². The van der Waals surface area contributed by atoms with Gasteiger partial charge in [0.05, 0.1) is 16.3 Å². The van der Waals surface area contributed by atoms with Crippen LogP contribution in [0, 0.1) is 0 Å². The van der Waals surface area contributed by atoms with E-state index in [1.165, 1.54) is 0 Å². The van der Waals surface area contributed by atoms with Gasteiger partial charge in [0.1, 0.15) is 0 Å². The predicted octanol–water partition coefficient (Wildman–Crippen LogP) is 2.70. The Balaban J connectivity index is 1.82. The molecule has 1 heterocycles. The molecule has 4 rings (SSSR count). The molecule has 5 heteroatoms. The van der Waals surface area contributed by atoms with Gasteiger partial charge in [-0.05, 0) is 24.3 Å². The first-order valence-corrected chi connectivity index (χ1v) is 7.57. The summed E-state index contributed by atoms with van der Waals surface area (Å²) in [6.07, 6.45) is 1.67. The standard InChI is InChI=1S/C16H10N2O2S/c19-16-11-7-4-8-14-15(11)12(18-21(14)20)9-13(16)17-10-5-2-1-3-6-10/h1-9,17H. The molecule has 21 heavy (non-hydrogen) atoms. The fraction of sp³-hybridized carbons (Fsp3) is 0. The number of Topliss-reactive ketones (excluding diaryl/α,β-unsaturated/α-hetero) is 1. The van der Waals surface area contributed by atoms with Crippen LogP contribution in [0.1, 0.15) is 15.9 Å². The van der Waals surface area contributed by atoms with E-state index in [-0.39, 0.29) is 5.78 Å². The Hall–Kier alpha value is -2.53. The Bertz CT molecular complexity index is 854. The molecule has 0 spiro atoms. The van der Waals surface area contributed by atoms with Crippen LogP contribution in [0.5, 0.6) is 0 Å². The molecule has 0 aromatic heterocycles. The topological polar surface area (TPSA) is 58.5 Å². The largest absolute Gasteiger partial charge is 0.352 e. The van der Waals surface area contributed by atoms with E-state index in [2.05, 4.69) is 9.71 Å². The summed E-state index contributed by atoms with van der Waals surface area (Å²) in [5.41, 5.74) is 3.15. The first-order chi connectivity index (χ1) is 10.2. The first kappa shape index (κ1) is 12.2. The van der Waals surface area contributed by atoms with Gasteiger partial charge in [-0.3, -0.25) is 4.79 Å². The van der Waals surface area contributed by atoms with Crippen LogP contribution in [-0.2, 0) is 11.0 Å². The molecule has 1 aliphatic carbocycles. The minimum atomic E-state index is -1.41. The number of rotatable bonds is 2. The minimum absolute atomic E-state index is 0.103. The normalized spacial score (nSPS) is 18.9. The van der Waals surface area contributed by atoms with E-state index in [1.807, 2.05) is 30.3 Å². The van der Waals surface area contributed by atoms with Crippen LogP contribution in [0.4, 0.5) is 5.69 Å². The molecule has 0 saturated heterocycles.